The summed E-state index contributed by atoms with van der Waals surface area (Å²) in [5.74, 6) is 0.586. The van der Waals surface area contributed by atoms with Crippen LogP contribution in [0.5, 0.6) is 5.75 Å². The maximum Gasteiger partial charge on any atom is 0.191 e. The molecule has 1 aromatic rings. The Morgan fingerprint density at radius 3 is 2.74 bits per heavy atom. The number of hydrogen-bond donors (Lipinski definition) is 2. The van der Waals surface area contributed by atoms with Gasteiger partial charge in [0.05, 0.1) is 18.6 Å². The van der Waals surface area contributed by atoms with Gasteiger partial charge in [-0.25, -0.2) is 12.8 Å². The zero-order valence-corrected chi connectivity index (χ0v) is 16.2. The van der Waals surface area contributed by atoms with E-state index < -0.39 is 15.7 Å². The van der Waals surface area contributed by atoms with Gasteiger partial charge in [0.25, 0.3) is 0 Å². The van der Waals surface area contributed by atoms with Gasteiger partial charge in [-0.15, -0.1) is 24.0 Å². The van der Waals surface area contributed by atoms with E-state index in [1.165, 1.54) is 13.2 Å². The van der Waals surface area contributed by atoms with E-state index in [0.29, 0.717) is 18.9 Å². The number of hydrogen-bond acceptors (Lipinski definition) is 4. The highest BCUT2D eigenvalue weighted by molar-refractivity contribution is 14.0. The van der Waals surface area contributed by atoms with Gasteiger partial charge < -0.3 is 15.4 Å². The van der Waals surface area contributed by atoms with E-state index in [2.05, 4.69) is 15.6 Å². The van der Waals surface area contributed by atoms with Gasteiger partial charge in [0, 0.05) is 19.6 Å². The fourth-order valence-electron chi connectivity index (χ4n) is 2.30. The van der Waals surface area contributed by atoms with Gasteiger partial charge >= 0.3 is 0 Å². The van der Waals surface area contributed by atoms with Crippen LogP contribution >= 0.6 is 24.0 Å². The molecule has 0 saturated carbocycles. The first-order valence-electron chi connectivity index (χ1n) is 6.93. The molecule has 1 atom stereocenters. The van der Waals surface area contributed by atoms with Crippen LogP contribution in [-0.4, -0.2) is 46.1 Å². The van der Waals surface area contributed by atoms with Crippen molar-refractivity contribution in [3.63, 3.8) is 0 Å². The van der Waals surface area contributed by atoms with Crippen molar-refractivity contribution in [2.24, 2.45) is 4.99 Å². The van der Waals surface area contributed by atoms with E-state index in [4.69, 9.17) is 4.74 Å². The normalized spacial score (nSPS) is 19.8. The molecule has 6 nitrogen and oxygen atoms in total. The van der Waals surface area contributed by atoms with E-state index >= 15 is 0 Å². The SMILES string of the molecule is CN=C(NCc1ccc(OC)c(F)c1)NC1CCS(=O)(=O)C1.I. The predicted molar refractivity (Wildman–Crippen MR) is 98.8 cm³/mol. The van der Waals surface area contributed by atoms with Crippen molar-refractivity contribution in [2.45, 2.75) is 19.0 Å². The molecule has 1 aromatic carbocycles. The first kappa shape index (κ1) is 19.9. The zero-order valence-electron chi connectivity index (χ0n) is 13.0. The second-order valence-corrected chi connectivity index (χ2v) is 7.37. The van der Waals surface area contributed by atoms with E-state index in [1.54, 1.807) is 19.2 Å². The highest BCUT2D eigenvalue weighted by Gasteiger charge is 2.28. The lowest BCUT2D eigenvalue weighted by molar-refractivity contribution is 0.386. The van der Waals surface area contributed by atoms with Crippen molar-refractivity contribution >= 4 is 39.8 Å². The zero-order chi connectivity index (χ0) is 16.2. The summed E-state index contributed by atoms with van der Waals surface area (Å²) in [6.45, 7) is 0.375. The molecule has 1 heterocycles. The molecular formula is C14H21FIN3O3S. The smallest absolute Gasteiger partial charge is 0.191 e. The van der Waals surface area contributed by atoms with Crippen LogP contribution in [0.1, 0.15) is 12.0 Å². The Morgan fingerprint density at radius 1 is 1.48 bits per heavy atom. The monoisotopic (exact) mass is 457 g/mol. The molecule has 0 bridgehead atoms. The molecule has 130 valence electrons. The van der Waals surface area contributed by atoms with Gasteiger partial charge in [0.15, 0.2) is 27.4 Å². The molecule has 0 aliphatic carbocycles. The molecule has 0 spiro atoms. The molecule has 9 heteroatoms. The number of aliphatic imine (C=N–C) groups is 1. The van der Waals surface area contributed by atoms with Crippen molar-refractivity contribution < 1.29 is 17.5 Å². The predicted octanol–water partition coefficient (Wildman–Crippen LogP) is 1.30. The minimum Gasteiger partial charge on any atom is -0.494 e. The van der Waals surface area contributed by atoms with Crippen LogP contribution in [0.2, 0.25) is 0 Å². The van der Waals surface area contributed by atoms with Gasteiger partial charge in [-0.05, 0) is 24.1 Å². The molecule has 1 aliphatic rings. The Morgan fingerprint density at radius 2 is 2.22 bits per heavy atom. The van der Waals surface area contributed by atoms with Crippen LogP contribution < -0.4 is 15.4 Å². The Labute approximate surface area is 152 Å². The molecule has 2 rings (SSSR count). The number of halogens is 2. The summed E-state index contributed by atoms with van der Waals surface area (Å²) >= 11 is 0. The third-order valence-electron chi connectivity index (χ3n) is 3.47. The van der Waals surface area contributed by atoms with Crippen LogP contribution in [0.15, 0.2) is 23.2 Å². The lowest BCUT2D eigenvalue weighted by atomic mass is 10.2. The summed E-state index contributed by atoms with van der Waals surface area (Å²) in [6, 6.07) is 4.57. The quantitative estimate of drug-likeness (QED) is 0.405. The maximum absolute atomic E-state index is 13.6. The summed E-state index contributed by atoms with van der Waals surface area (Å²) < 4.78 is 41.3. The second kappa shape index (κ2) is 8.67. The summed E-state index contributed by atoms with van der Waals surface area (Å²) in [6.07, 6.45) is 0.570. The number of guanidine groups is 1. The molecule has 0 aromatic heterocycles. The molecule has 1 unspecified atom stereocenters. The van der Waals surface area contributed by atoms with Crippen molar-refractivity contribution in [3.8, 4) is 5.75 Å². The number of nitrogens with one attached hydrogen (secondary N) is 2. The van der Waals surface area contributed by atoms with Gasteiger partial charge in [-0.3, -0.25) is 4.99 Å². The summed E-state index contributed by atoms with van der Waals surface area (Å²) in [4.78, 5) is 4.05. The maximum atomic E-state index is 13.6. The Bertz CT molecular complexity index is 667. The number of methoxy groups -OCH3 is 1. The van der Waals surface area contributed by atoms with Crippen LogP contribution in [0.3, 0.4) is 0 Å². The minimum absolute atomic E-state index is 0. The highest BCUT2D eigenvalue weighted by Crippen LogP contribution is 2.17. The van der Waals surface area contributed by atoms with Crippen LogP contribution in [-0.2, 0) is 16.4 Å². The fraction of sp³-hybridized carbons (Fsp3) is 0.500. The lowest BCUT2D eigenvalue weighted by Crippen LogP contribution is -2.43. The molecule has 1 saturated heterocycles. The third-order valence-corrected chi connectivity index (χ3v) is 5.24. The minimum atomic E-state index is -2.94. The highest BCUT2D eigenvalue weighted by atomic mass is 127. The van der Waals surface area contributed by atoms with E-state index in [0.717, 1.165) is 5.56 Å². The Kier molecular flexibility index (Phi) is 7.52. The third kappa shape index (κ3) is 5.79. The van der Waals surface area contributed by atoms with Crippen molar-refractivity contribution in [3.05, 3.63) is 29.6 Å². The standard InChI is InChI=1S/C14H20FN3O3S.HI/c1-16-14(18-11-5-6-22(19,20)9-11)17-8-10-3-4-13(21-2)12(15)7-10;/h3-4,7,11H,5-6,8-9H2,1-2H3,(H2,16,17,18);1H. The largest absolute Gasteiger partial charge is 0.494 e. The number of ether oxygens (including phenoxy) is 1. The van der Waals surface area contributed by atoms with Crippen molar-refractivity contribution in [1.29, 1.82) is 0 Å². The Balaban J connectivity index is 0.00000264. The van der Waals surface area contributed by atoms with E-state index in [-0.39, 0.29) is 47.3 Å². The molecule has 0 amide bonds. The average molecular weight is 457 g/mol. The molecular weight excluding hydrogens is 436 g/mol. The van der Waals surface area contributed by atoms with Crippen molar-refractivity contribution in [2.75, 3.05) is 25.7 Å². The van der Waals surface area contributed by atoms with E-state index in [1.807, 2.05) is 0 Å². The molecule has 23 heavy (non-hydrogen) atoms. The first-order valence-corrected chi connectivity index (χ1v) is 8.75. The van der Waals surface area contributed by atoms with Gasteiger partial charge in [-0.2, -0.15) is 0 Å². The molecule has 1 aliphatic heterocycles. The molecule has 1 fully saturated rings. The molecule has 2 N–H and O–H groups in total. The number of nitrogens with zero attached hydrogens (tertiary/aromatic N) is 1. The number of sulfone groups is 1. The number of rotatable bonds is 4. The van der Waals surface area contributed by atoms with Gasteiger partial charge in [0.1, 0.15) is 0 Å². The van der Waals surface area contributed by atoms with E-state index in [9.17, 15) is 12.8 Å². The topological polar surface area (TPSA) is 79.8 Å². The lowest BCUT2D eigenvalue weighted by Gasteiger charge is -2.16. The summed E-state index contributed by atoms with van der Waals surface area (Å²) in [7, 11) is 0.0805. The van der Waals surface area contributed by atoms with Gasteiger partial charge in [0.2, 0.25) is 0 Å². The van der Waals surface area contributed by atoms with Crippen LogP contribution in [0.4, 0.5) is 4.39 Å². The second-order valence-electron chi connectivity index (χ2n) is 5.14. The summed E-state index contributed by atoms with van der Waals surface area (Å²) in [5.41, 5.74) is 0.736. The average Bonchev–Trinajstić information content (AvgIpc) is 2.82. The van der Waals surface area contributed by atoms with Crippen LogP contribution in [0.25, 0.3) is 0 Å². The van der Waals surface area contributed by atoms with Crippen molar-refractivity contribution in [1.82, 2.24) is 10.6 Å². The fourth-order valence-corrected chi connectivity index (χ4v) is 3.98. The summed E-state index contributed by atoms with van der Waals surface area (Å²) in [5, 5.41) is 6.11. The Hall–Kier alpha value is -1.10. The number of benzene rings is 1. The molecule has 0 radical (unpaired) electrons. The van der Waals surface area contributed by atoms with Gasteiger partial charge in [-0.1, -0.05) is 6.07 Å². The first-order chi connectivity index (χ1) is 10.4. The van der Waals surface area contributed by atoms with Crippen LogP contribution in [0, 0.1) is 5.82 Å².